The van der Waals surface area contributed by atoms with Crippen LogP contribution in [0.5, 0.6) is 11.5 Å². The Morgan fingerprint density at radius 1 is 0.882 bits per heavy atom. The zero-order valence-corrected chi connectivity index (χ0v) is 21.1. The summed E-state index contributed by atoms with van der Waals surface area (Å²) in [5.41, 5.74) is 2.16. The topological polar surface area (TPSA) is 67.9 Å². The molecule has 0 heterocycles. The van der Waals surface area contributed by atoms with Gasteiger partial charge < -0.3 is 19.7 Å². The van der Waals surface area contributed by atoms with Crippen LogP contribution in [-0.4, -0.2) is 49.1 Å². The van der Waals surface area contributed by atoms with Gasteiger partial charge in [0.2, 0.25) is 11.8 Å². The lowest BCUT2D eigenvalue weighted by atomic mass is 10.1. The molecule has 0 radical (unpaired) electrons. The molecule has 0 fully saturated rings. The highest BCUT2D eigenvalue weighted by Gasteiger charge is 2.27. The van der Waals surface area contributed by atoms with Crippen molar-refractivity contribution < 1.29 is 19.1 Å². The molecule has 6 nitrogen and oxygen atoms in total. The first kappa shape index (κ1) is 27.2. The van der Waals surface area contributed by atoms with Crippen LogP contribution in [0.2, 0.25) is 0 Å². The molecule has 186 valence electrons. The average molecular weight is 469 g/mol. The molecule has 2 rings (SSSR count). The van der Waals surface area contributed by atoms with Gasteiger partial charge in [-0.15, -0.1) is 0 Å². The maximum absolute atomic E-state index is 13.4. The van der Waals surface area contributed by atoms with Crippen LogP contribution in [0.1, 0.15) is 58.1 Å². The lowest BCUT2D eigenvalue weighted by Crippen LogP contribution is -2.50. The Kier molecular flexibility index (Phi) is 12.0. The van der Waals surface area contributed by atoms with Gasteiger partial charge in [0.25, 0.3) is 0 Å². The molecule has 2 aromatic carbocycles. The quantitative estimate of drug-likeness (QED) is 0.408. The molecule has 0 unspecified atom stereocenters. The number of amides is 2. The number of benzene rings is 2. The monoisotopic (exact) mass is 468 g/mol. The van der Waals surface area contributed by atoms with Crippen LogP contribution in [-0.2, 0) is 22.4 Å². The van der Waals surface area contributed by atoms with E-state index < -0.39 is 6.04 Å². The first-order valence-corrected chi connectivity index (χ1v) is 12.5. The van der Waals surface area contributed by atoms with Gasteiger partial charge in [0.15, 0.2) is 11.5 Å². The van der Waals surface area contributed by atoms with Crippen LogP contribution in [0.3, 0.4) is 0 Å². The molecule has 0 spiro atoms. The molecule has 1 atom stereocenters. The molecule has 0 bridgehead atoms. The molecule has 2 amide bonds. The summed E-state index contributed by atoms with van der Waals surface area (Å²) in [6.45, 7) is 10.1. The molecule has 34 heavy (non-hydrogen) atoms. The van der Waals surface area contributed by atoms with Crippen LogP contribution in [0.4, 0.5) is 0 Å². The van der Waals surface area contributed by atoms with Crippen LogP contribution in [0, 0.1) is 0 Å². The molecule has 0 saturated heterocycles. The second-order valence-corrected chi connectivity index (χ2v) is 8.18. The van der Waals surface area contributed by atoms with Crippen LogP contribution in [0.15, 0.2) is 48.5 Å². The number of nitrogens with zero attached hydrogens (tertiary/aromatic N) is 1. The second kappa shape index (κ2) is 15.0. The van der Waals surface area contributed by atoms with Gasteiger partial charge >= 0.3 is 0 Å². The SMILES string of the molecule is CCCNC(=O)[C@H](CC)N(CCc1ccccc1)C(=O)CCc1ccc(OCC)c(OCC)c1. The highest BCUT2D eigenvalue weighted by atomic mass is 16.5. The van der Waals surface area contributed by atoms with Crippen molar-refractivity contribution in [2.24, 2.45) is 0 Å². The number of carbonyl (C=O) groups excluding carboxylic acids is 2. The van der Waals surface area contributed by atoms with Gasteiger partial charge in [0.05, 0.1) is 13.2 Å². The third-order valence-electron chi connectivity index (χ3n) is 5.65. The lowest BCUT2D eigenvalue weighted by molar-refractivity contribution is -0.140. The van der Waals surface area contributed by atoms with Crippen LogP contribution >= 0.6 is 0 Å². The van der Waals surface area contributed by atoms with Gasteiger partial charge in [-0.25, -0.2) is 0 Å². The van der Waals surface area contributed by atoms with E-state index in [0.29, 0.717) is 63.5 Å². The predicted octanol–water partition coefficient (Wildman–Crippen LogP) is 4.79. The fraction of sp³-hybridized carbons (Fsp3) is 0.500. The van der Waals surface area contributed by atoms with Gasteiger partial charge in [0, 0.05) is 19.5 Å². The first-order chi connectivity index (χ1) is 16.5. The summed E-state index contributed by atoms with van der Waals surface area (Å²) in [5, 5.41) is 2.97. The van der Waals surface area contributed by atoms with Crippen molar-refractivity contribution in [3.05, 3.63) is 59.7 Å². The summed E-state index contributed by atoms with van der Waals surface area (Å²) in [5.74, 6) is 1.31. The molecule has 0 aliphatic rings. The van der Waals surface area contributed by atoms with Gasteiger partial charge in [-0.3, -0.25) is 9.59 Å². The largest absolute Gasteiger partial charge is 0.490 e. The summed E-state index contributed by atoms with van der Waals surface area (Å²) in [4.78, 5) is 28.0. The summed E-state index contributed by atoms with van der Waals surface area (Å²) >= 11 is 0. The predicted molar refractivity (Wildman–Crippen MR) is 136 cm³/mol. The molecule has 2 aromatic rings. The Morgan fingerprint density at radius 3 is 2.24 bits per heavy atom. The molecule has 0 aliphatic heterocycles. The molecule has 1 N–H and O–H groups in total. The maximum Gasteiger partial charge on any atom is 0.242 e. The Labute approximate surface area is 204 Å². The van der Waals surface area contributed by atoms with Gasteiger partial charge in [-0.05, 0) is 62.8 Å². The van der Waals surface area contributed by atoms with Gasteiger partial charge in [-0.2, -0.15) is 0 Å². The number of aryl methyl sites for hydroxylation is 1. The van der Waals surface area contributed by atoms with E-state index in [9.17, 15) is 9.59 Å². The minimum absolute atomic E-state index is 0.0127. The van der Waals surface area contributed by atoms with E-state index >= 15 is 0 Å². The fourth-order valence-corrected chi connectivity index (χ4v) is 3.91. The van der Waals surface area contributed by atoms with Crippen molar-refractivity contribution in [3.63, 3.8) is 0 Å². The van der Waals surface area contributed by atoms with E-state index in [2.05, 4.69) is 17.4 Å². The third kappa shape index (κ3) is 8.40. The summed E-state index contributed by atoms with van der Waals surface area (Å²) < 4.78 is 11.4. The standard InChI is InChI=1S/C28H40N2O4/c1-5-19-29-28(32)24(6-2)30(20-18-22-12-10-9-11-13-22)27(31)17-15-23-14-16-25(33-7-3)26(21-23)34-8-4/h9-14,16,21,24H,5-8,15,17-20H2,1-4H3,(H,29,32)/t24-/m0/s1. The summed E-state index contributed by atoms with van der Waals surface area (Å²) in [6.07, 6.45) is 3.04. The third-order valence-corrected chi connectivity index (χ3v) is 5.65. The van der Waals surface area contributed by atoms with E-state index in [-0.39, 0.29) is 11.8 Å². The zero-order valence-electron chi connectivity index (χ0n) is 21.1. The van der Waals surface area contributed by atoms with Gasteiger partial charge in [-0.1, -0.05) is 50.2 Å². The Bertz CT molecular complexity index is 885. The molecule has 0 aliphatic carbocycles. The van der Waals surface area contributed by atoms with Crippen molar-refractivity contribution in [2.45, 2.75) is 65.8 Å². The maximum atomic E-state index is 13.4. The van der Waals surface area contributed by atoms with Crippen molar-refractivity contribution in [1.29, 1.82) is 0 Å². The first-order valence-electron chi connectivity index (χ1n) is 12.5. The minimum Gasteiger partial charge on any atom is -0.490 e. The number of rotatable bonds is 15. The molecular formula is C28H40N2O4. The van der Waals surface area contributed by atoms with E-state index in [0.717, 1.165) is 17.5 Å². The Hall–Kier alpha value is -3.02. The molecule has 0 saturated carbocycles. The molecular weight excluding hydrogens is 428 g/mol. The van der Waals surface area contributed by atoms with E-state index in [4.69, 9.17) is 9.47 Å². The van der Waals surface area contributed by atoms with E-state index in [1.807, 2.05) is 64.1 Å². The second-order valence-electron chi connectivity index (χ2n) is 8.18. The van der Waals surface area contributed by atoms with Crippen LogP contribution < -0.4 is 14.8 Å². The normalized spacial score (nSPS) is 11.5. The van der Waals surface area contributed by atoms with Crippen molar-refractivity contribution in [1.82, 2.24) is 10.2 Å². The van der Waals surface area contributed by atoms with E-state index in [1.54, 1.807) is 4.90 Å². The fourth-order valence-electron chi connectivity index (χ4n) is 3.91. The minimum atomic E-state index is -0.470. The zero-order chi connectivity index (χ0) is 24.8. The van der Waals surface area contributed by atoms with E-state index in [1.165, 1.54) is 0 Å². The Morgan fingerprint density at radius 2 is 1.59 bits per heavy atom. The summed E-state index contributed by atoms with van der Waals surface area (Å²) in [7, 11) is 0. The van der Waals surface area contributed by atoms with Crippen molar-refractivity contribution >= 4 is 11.8 Å². The number of hydrogen-bond donors (Lipinski definition) is 1. The Balaban J connectivity index is 2.14. The number of nitrogens with one attached hydrogen (secondary N) is 1. The highest BCUT2D eigenvalue weighted by molar-refractivity contribution is 5.87. The van der Waals surface area contributed by atoms with Crippen molar-refractivity contribution in [3.8, 4) is 11.5 Å². The average Bonchev–Trinajstić information content (AvgIpc) is 2.85. The molecule has 6 heteroatoms. The van der Waals surface area contributed by atoms with Gasteiger partial charge in [0.1, 0.15) is 6.04 Å². The number of carbonyl (C=O) groups is 2. The highest BCUT2D eigenvalue weighted by Crippen LogP contribution is 2.29. The lowest BCUT2D eigenvalue weighted by Gasteiger charge is -2.30. The smallest absolute Gasteiger partial charge is 0.242 e. The number of hydrogen-bond acceptors (Lipinski definition) is 4. The number of ether oxygens (including phenoxy) is 2. The van der Waals surface area contributed by atoms with Crippen LogP contribution in [0.25, 0.3) is 0 Å². The molecule has 0 aromatic heterocycles. The van der Waals surface area contributed by atoms with Crippen molar-refractivity contribution in [2.75, 3.05) is 26.3 Å². The summed E-state index contributed by atoms with van der Waals surface area (Å²) in [6, 6.07) is 15.4.